The number of carbonyl (C=O) groups excluding carboxylic acids is 1. The van der Waals surface area contributed by atoms with Gasteiger partial charge in [0.1, 0.15) is 0 Å². The van der Waals surface area contributed by atoms with Crippen LogP contribution in [0.1, 0.15) is 42.5 Å². The minimum atomic E-state index is -0.194. The molecule has 1 aliphatic carbocycles. The van der Waals surface area contributed by atoms with Crippen LogP contribution in [0.4, 0.5) is 5.95 Å². The van der Waals surface area contributed by atoms with Crippen LogP contribution in [0.5, 0.6) is 0 Å². The molecule has 1 atom stereocenters. The van der Waals surface area contributed by atoms with Crippen molar-refractivity contribution in [2.75, 3.05) is 18.5 Å². The highest BCUT2D eigenvalue weighted by atomic mass is 16.5. The van der Waals surface area contributed by atoms with Crippen molar-refractivity contribution in [1.29, 1.82) is 0 Å². The van der Waals surface area contributed by atoms with Crippen LogP contribution in [0.15, 0.2) is 24.4 Å². The predicted molar refractivity (Wildman–Crippen MR) is 98.1 cm³/mol. The summed E-state index contributed by atoms with van der Waals surface area (Å²) in [5.74, 6) is 0.403. The van der Waals surface area contributed by atoms with Crippen LogP contribution >= 0.6 is 0 Å². The van der Waals surface area contributed by atoms with Crippen molar-refractivity contribution >= 4 is 22.8 Å². The summed E-state index contributed by atoms with van der Waals surface area (Å²) >= 11 is 0. The summed E-state index contributed by atoms with van der Waals surface area (Å²) in [4.78, 5) is 21.7. The van der Waals surface area contributed by atoms with E-state index in [1.807, 2.05) is 12.1 Å². The number of ether oxygens (including phenoxy) is 1. The number of hydrogen-bond donors (Lipinski definition) is 3. The van der Waals surface area contributed by atoms with E-state index in [9.17, 15) is 9.90 Å². The van der Waals surface area contributed by atoms with Gasteiger partial charge in [-0.05, 0) is 38.2 Å². The highest BCUT2D eigenvalue weighted by Gasteiger charge is 2.22. The molecule has 1 unspecified atom stereocenters. The number of nitrogens with zero attached hydrogens (tertiary/aromatic N) is 2. The smallest absolute Gasteiger partial charge is 0.253 e. The molecule has 1 aromatic carbocycles. The van der Waals surface area contributed by atoms with Gasteiger partial charge in [-0.3, -0.25) is 4.79 Å². The number of aliphatic hydroxyl groups excluding tert-OH is 1. The maximum atomic E-state index is 12.7. The van der Waals surface area contributed by atoms with Crippen LogP contribution in [-0.4, -0.2) is 52.4 Å². The SMILES string of the molecule is O=C(NC1CCOC1)c1cccc2cnc(NC3CCC(O)CC3)nc12. The predicted octanol–water partition coefficient (Wildman–Crippen LogP) is 1.86. The van der Waals surface area contributed by atoms with Crippen LogP contribution in [0.2, 0.25) is 0 Å². The third kappa shape index (κ3) is 3.78. The Balaban J connectivity index is 1.54. The van der Waals surface area contributed by atoms with Crippen LogP contribution in [0.3, 0.4) is 0 Å². The van der Waals surface area contributed by atoms with E-state index >= 15 is 0 Å². The first kappa shape index (κ1) is 17.2. The van der Waals surface area contributed by atoms with Gasteiger partial charge in [0.25, 0.3) is 5.91 Å². The molecule has 3 N–H and O–H groups in total. The van der Waals surface area contributed by atoms with Crippen molar-refractivity contribution in [1.82, 2.24) is 15.3 Å². The summed E-state index contributed by atoms with van der Waals surface area (Å²) in [5, 5.41) is 16.8. The molecule has 1 amide bonds. The van der Waals surface area contributed by atoms with Gasteiger partial charge in [-0.15, -0.1) is 0 Å². The van der Waals surface area contributed by atoms with Crippen molar-refractivity contribution in [2.24, 2.45) is 0 Å². The second-order valence-electron chi connectivity index (χ2n) is 7.12. The van der Waals surface area contributed by atoms with Crippen LogP contribution in [0, 0.1) is 0 Å². The fraction of sp³-hybridized carbons (Fsp3) is 0.526. The molecule has 1 saturated carbocycles. The molecular formula is C19H24N4O3. The van der Waals surface area contributed by atoms with Crippen molar-refractivity contribution in [3.63, 3.8) is 0 Å². The average molecular weight is 356 g/mol. The Labute approximate surface area is 152 Å². The number of fused-ring (bicyclic) bond motifs is 1. The van der Waals surface area contributed by atoms with E-state index < -0.39 is 0 Å². The monoisotopic (exact) mass is 356 g/mol. The molecule has 2 heterocycles. The van der Waals surface area contributed by atoms with Crippen molar-refractivity contribution in [2.45, 2.75) is 50.3 Å². The Hall–Kier alpha value is -2.25. The molecule has 2 aliphatic rings. The Kier molecular flexibility index (Phi) is 4.99. The average Bonchev–Trinajstić information content (AvgIpc) is 3.16. The van der Waals surface area contributed by atoms with Gasteiger partial charge in [0.2, 0.25) is 5.95 Å². The van der Waals surface area contributed by atoms with Gasteiger partial charge < -0.3 is 20.5 Å². The van der Waals surface area contributed by atoms with Gasteiger partial charge in [-0.2, -0.15) is 0 Å². The first-order valence-electron chi connectivity index (χ1n) is 9.28. The largest absolute Gasteiger partial charge is 0.393 e. The number of nitrogens with one attached hydrogen (secondary N) is 2. The molecule has 138 valence electrons. The molecular weight excluding hydrogens is 332 g/mol. The molecule has 2 aromatic rings. The Morgan fingerprint density at radius 2 is 2.00 bits per heavy atom. The Morgan fingerprint density at radius 1 is 1.15 bits per heavy atom. The molecule has 7 heteroatoms. The molecule has 7 nitrogen and oxygen atoms in total. The third-order valence-corrected chi connectivity index (χ3v) is 5.15. The van der Waals surface area contributed by atoms with Crippen LogP contribution in [0.25, 0.3) is 10.9 Å². The topological polar surface area (TPSA) is 96.4 Å². The third-order valence-electron chi connectivity index (χ3n) is 5.15. The molecule has 2 fully saturated rings. The standard InChI is InChI=1S/C19H24N4O3/c24-15-6-4-13(5-7-15)22-19-20-10-12-2-1-3-16(17(12)23-19)18(25)21-14-8-9-26-11-14/h1-3,10,13-15,24H,4-9,11H2,(H,21,25)(H,20,22,23). The lowest BCUT2D eigenvalue weighted by Crippen LogP contribution is -2.35. The Morgan fingerprint density at radius 3 is 2.77 bits per heavy atom. The molecule has 1 aliphatic heterocycles. The molecule has 4 rings (SSSR count). The minimum Gasteiger partial charge on any atom is -0.393 e. The van der Waals surface area contributed by atoms with E-state index in [-0.39, 0.29) is 24.1 Å². The number of rotatable bonds is 4. The van der Waals surface area contributed by atoms with Gasteiger partial charge in [0, 0.05) is 24.2 Å². The van der Waals surface area contributed by atoms with Gasteiger partial charge in [0.15, 0.2) is 0 Å². The van der Waals surface area contributed by atoms with Crippen molar-refractivity contribution in [3.05, 3.63) is 30.0 Å². The highest BCUT2D eigenvalue weighted by molar-refractivity contribution is 6.05. The van der Waals surface area contributed by atoms with E-state index in [1.165, 1.54) is 0 Å². The zero-order valence-corrected chi connectivity index (χ0v) is 14.6. The van der Waals surface area contributed by atoms with Gasteiger partial charge in [-0.25, -0.2) is 9.97 Å². The van der Waals surface area contributed by atoms with Crippen LogP contribution < -0.4 is 10.6 Å². The normalized spacial score (nSPS) is 26.0. The van der Waals surface area contributed by atoms with Gasteiger partial charge in [-0.1, -0.05) is 12.1 Å². The summed E-state index contributed by atoms with van der Waals surface area (Å²) in [7, 11) is 0. The van der Waals surface area contributed by atoms with E-state index in [2.05, 4.69) is 20.6 Å². The van der Waals surface area contributed by atoms with Gasteiger partial charge >= 0.3 is 0 Å². The lowest BCUT2D eigenvalue weighted by molar-refractivity contribution is 0.0931. The Bertz CT molecular complexity index is 783. The first-order valence-corrected chi connectivity index (χ1v) is 9.28. The summed E-state index contributed by atoms with van der Waals surface area (Å²) in [6, 6.07) is 5.87. The van der Waals surface area contributed by atoms with E-state index in [0.717, 1.165) is 37.5 Å². The quantitative estimate of drug-likeness (QED) is 0.774. The molecule has 1 aromatic heterocycles. The maximum absolute atomic E-state index is 12.7. The number of benzene rings is 1. The van der Waals surface area contributed by atoms with Crippen molar-refractivity contribution in [3.8, 4) is 0 Å². The summed E-state index contributed by atoms with van der Waals surface area (Å²) < 4.78 is 5.32. The lowest BCUT2D eigenvalue weighted by Gasteiger charge is -2.26. The summed E-state index contributed by atoms with van der Waals surface area (Å²) in [5.41, 5.74) is 1.20. The zero-order valence-electron chi connectivity index (χ0n) is 14.6. The highest BCUT2D eigenvalue weighted by Crippen LogP contribution is 2.23. The van der Waals surface area contributed by atoms with E-state index in [1.54, 1.807) is 12.3 Å². The molecule has 0 bridgehead atoms. The van der Waals surface area contributed by atoms with E-state index in [4.69, 9.17) is 4.74 Å². The van der Waals surface area contributed by atoms with Crippen molar-refractivity contribution < 1.29 is 14.6 Å². The minimum absolute atomic E-state index is 0.0610. The van der Waals surface area contributed by atoms with Gasteiger partial charge in [0.05, 0.1) is 29.8 Å². The maximum Gasteiger partial charge on any atom is 0.253 e. The number of aliphatic hydroxyl groups is 1. The molecule has 1 saturated heterocycles. The second-order valence-corrected chi connectivity index (χ2v) is 7.12. The van der Waals surface area contributed by atoms with E-state index in [0.29, 0.717) is 30.2 Å². The zero-order chi connectivity index (χ0) is 17.9. The number of carbonyl (C=O) groups is 1. The lowest BCUT2D eigenvalue weighted by atomic mass is 9.93. The fourth-order valence-corrected chi connectivity index (χ4v) is 3.62. The number of amides is 1. The number of para-hydroxylation sites is 1. The molecule has 0 spiro atoms. The molecule has 0 radical (unpaired) electrons. The summed E-state index contributed by atoms with van der Waals surface area (Å²) in [6.07, 6.45) is 5.77. The summed E-state index contributed by atoms with van der Waals surface area (Å²) in [6.45, 7) is 1.25. The second kappa shape index (κ2) is 7.55. The first-order chi connectivity index (χ1) is 12.7. The number of anilines is 1. The number of aromatic nitrogens is 2. The molecule has 26 heavy (non-hydrogen) atoms. The number of hydrogen-bond acceptors (Lipinski definition) is 6. The fourth-order valence-electron chi connectivity index (χ4n) is 3.62. The van der Waals surface area contributed by atoms with Crippen LogP contribution in [-0.2, 0) is 4.74 Å².